The summed E-state index contributed by atoms with van der Waals surface area (Å²) >= 11 is 0. The van der Waals surface area contributed by atoms with Gasteiger partial charge in [-0.05, 0) is 18.6 Å². The Morgan fingerprint density at radius 3 is 2.59 bits per heavy atom. The number of hydrogen-bond acceptors (Lipinski definition) is 3. The molecule has 1 aromatic carbocycles. The molecule has 0 aliphatic rings. The van der Waals surface area contributed by atoms with E-state index in [2.05, 4.69) is 0 Å². The number of anilines is 1. The molecule has 2 N–H and O–H groups in total. The molecule has 0 amide bonds. The SMILES string of the molecule is COc1cc(OCCCC(F)(F)F)ccc1N. The van der Waals surface area contributed by atoms with Gasteiger partial charge in [0.2, 0.25) is 0 Å². The average Bonchev–Trinajstić information content (AvgIpc) is 2.25. The molecule has 96 valence electrons. The monoisotopic (exact) mass is 249 g/mol. The van der Waals surface area contributed by atoms with Crippen LogP contribution >= 0.6 is 0 Å². The van der Waals surface area contributed by atoms with Crippen LogP contribution in [0.25, 0.3) is 0 Å². The highest BCUT2D eigenvalue weighted by atomic mass is 19.4. The van der Waals surface area contributed by atoms with Gasteiger partial charge in [0, 0.05) is 12.5 Å². The van der Waals surface area contributed by atoms with Gasteiger partial charge in [0.25, 0.3) is 0 Å². The molecule has 0 spiro atoms. The minimum absolute atomic E-state index is 0.00653. The van der Waals surface area contributed by atoms with E-state index in [1.807, 2.05) is 0 Å². The number of benzene rings is 1. The smallest absolute Gasteiger partial charge is 0.389 e. The number of nitrogens with two attached hydrogens (primary N) is 1. The van der Waals surface area contributed by atoms with Gasteiger partial charge in [-0.1, -0.05) is 0 Å². The van der Waals surface area contributed by atoms with Gasteiger partial charge in [0.1, 0.15) is 11.5 Å². The summed E-state index contributed by atoms with van der Waals surface area (Å²) in [4.78, 5) is 0. The van der Waals surface area contributed by atoms with Crippen LogP contribution < -0.4 is 15.2 Å². The first kappa shape index (κ1) is 13.5. The lowest BCUT2D eigenvalue weighted by Crippen LogP contribution is -2.09. The Morgan fingerprint density at radius 2 is 2.00 bits per heavy atom. The molecule has 3 nitrogen and oxygen atoms in total. The number of methoxy groups -OCH3 is 1. The van der Waals surface area contributed by atoms with Crippen molar-refractivity contribution in [3.05, 3.63) is 18.2 Å². The predicted molar refractivity (Wildman–Crippen MR) is 58.2 cm³/mol. The topological polar surface area (TPSA) is 44.5 Å². The molecule has 0 aliphatic heterocycles. The summed E-state index contributed by atoms with van der Waals surface area (Å²) in [7, 11) is 1.46. The third-order valence-corrected chi connectivity index (χ3v) is 2.08. The van der Waals surface area contributed by atoms with Crippen molar-refractivity contribution >= 4 is 5.69 Å². The lowest BCUT2D eigenvalue weighted by atomic mass is 10.3. The summed E-state index contributed by atoms with van der Waals surface area (Å²) in [6.07, 6.45) is -5.06. The van der Waals surface area contributed by atoms with Crippen molar-refractivity contribution in [2.45, 2.75) is 19.0 Å². The molecule has 0 fully saturated rings. The molecule has 0 radical (unpaired) electrons. The number of hydrogen-bond donors (Lipinski definition) is 1. The minimum Gasteiger partial charge on any atom is -0.494 e. The van der Waals surface area contributed by atoms with Crippen LogP contribution in [0.5, 0.6) is 11.5 Å². The van der Waals surface area contributed by atoms with Crippen LogP contribution in [-0.2, 0) is 0 Å². The van der Waals surface area contributed by atoms with Crippen LogP contribution in [0.1, 0.15) is 12.8 Å². The van der Waals surface area contributed by atoms with E-state index in [1.165, 1.54) is 7.11 Å². The molecule has 0 heterocycles. The van der Waals surface area contributed by atoms with E-state index in [0.29, 0.717) is 17.2 Å². The quantitative estimate of drug-likeness (QED) is 0.644. The van der Waals surface area contributed by atoms with Crippen molar-refractivity contribution in [1.29, 1.82) is 0 Å². The molecular formula is C11H14F3NO2. The molecule has 0 aromatic heterocycles. The lowest BCUT2D eigenvalue weighted by Gasteiger charge is -2.10. The second-order valence-electron chi connectivity index (χ2n) is 3.47. The number of nitrogen functional groups attached to an aromatic ring is 1. The maximum atomic E-state index is 11.9. The van der Waals surface area contributed by atoms with Crippen molar-refractivity contribution < 1.29 is 22.6 Å². The van der Waals surface area contributed by atoms with Gasteiger partial charge < -0.3 is 15.2 Å². The maximum Gasteiger partial charge on any atom is 0.389 e. The van der Waals surface area contributed by atoms with Crippen LogP contribution in [-0.4, -0.2) is 19.9 Å². The molecule has 0 atom stereocenters. The summed E-state index contributed by atoms with van der Waals surface area (Å²) in [5.74, 6) is 0.886. The van der Waals surface area contributed by atoms with E-state index in [9.17, 15) is 13.2 Å². The zero-order valence-corrected chi connectivity index (χ0v) is 9.38. The van der Waals surface area contributed by atoms with Crippen LogP contribution in [0, 0.1) is 0 Å². The van der Waals surface area contributed by atoms with Crippen molar-refractivity contribution in [2.24, 2.45) is 0 Å². The second kappa shape index (κ2) is 5.65. The van der Waals surface area contributed by atoms with Crippen LogP contribution in [0.15, 0.2) is 18.2 Å². The van der Waals surface area contributed by atoms with E-state index < -0.39 is 12.6 Å². The van der Waals surface area contributed by atoms with E-state index in [4.69, 9.17) is 15.2 Å². The van der Waals surface area contributed by atoms with Crippen molar-refractivity contribution in [2.75, 3.05) is 19.5 Å². The highest BCUT2D eigenvalue weighted by Gasteiger charge is 2.26. The van der Waals surface area contributed by atoms with Gasteiger partial charge in [-0.3, -0.25) is 0 Å². The number of rotatable bonds is 5. The zero-order valence-electron chi connectivity index (χ0n) is 9.38. The van der Waals surface area contributed by atoms with Gasteiger partial charge in [0.15, 0.2) is 0 Å². The van der Waals surface area contributed by atoms with Crippen molar-refractivity contribution in [1.82, 2.24) is 0 Å². The van der Waals surface area contributed by atoms with Gasteiger partial charge in [-0.2, -0.15) is 13.2 Å². The Bertz CT molecular complexity index is 366. The molecule has 0 bridgehead atoms. The maximum absolute atomic E-state index is 11.9. The Labute approximate surface area is 97.3 Å². The minimum atomic E-state index is -4.14. The normalized spacial score (nSPS) is 11.3. The van der Waals surface area contributed by atoms with Crippen molar-refractivity contribution in [3.8, 4) is 11.5 Å². The van der Waals surface area contributed by atoms with Crippen LogP contribution in [0.3, 0.4) is 0 Å². The average molecular weight is 249 g/mol. The van der Waals surface area contributed by atoms with Gasteiger partial charge in [0.05, 0.1) is 19.4 Å². The summed E-state index contributed by atoms with van der Waals surface area (Å²) < 4.78 is 45.7. The van der Waals surface area contributed by atoms with Crippen molar-refractivity contribution in [3.63, 3.8) is 0 Å². The fourth-order valence-corrected chi connectivity index (χ4v) is 1.24. The number of alkyl halides is 3. The number of halogens is 3. The first-order chi connectivity index (χ1) is 7.92. The summed E-state index contributed by atoms with van der Waals surface area (Å²) in [6, 6.07) is 4.71. The van der Waals surface area contributed by atoms with Gasteiger partial charge in [-0.15, -0.1) is 0 Å². The molecule has 0 unspecified atom stereocenters. The molecule has 1 rings (SSSR count). The first-order valence-corrected chi connectivity index (χ1v) is 5.05. The first-order valence-electron chi connectivity index (χ1n) is 5.05. The Hall–Kier alpha value is -1.59. The molecule has 6 heteroatoms. The molecule has 0 aliphatic carbocycles. The molecule has 1 aromatic rings. The van der Waals surface area contributed by atoms with Gasteiger partial charge in [-0.25, -0.2) is 0 Å². The Balaban J connectivity index is 2.42. The fraction of sp³-hybridized carbons (Fsp3) is 0.455. The van der Waals surface area contributed by atoms with Crippen LogP contribution in [0.4, 0.5) is 18.9 Å². The third kappa shape index (κ3) is 4.84. The summed E-state index contributed by atoms with van der Waals surface area (Å²) in [6.45, 7) is 0.00653. The molecular weight excluding hydrogens is 235 g/mol. The van der Waals surface area contributed by atoms with E-state index in [-0.39, 0.29) is 13.0 Å². The molecule has 0 saturated carbocycles. The predicted octanol–water partition coefficient (Wildman–Crippen LogP) is 3.00. The molecule has 17 heavy (non-hydrogen) atoms. The largest absolute Gasteiger partial charge is 0.494 e. The summed E-state index contributed by atoms with van der Waals surface area (Å²) in [5.41, 5.74) is 6.04. The number of ether oxygens (including phenoxy) is 2. The summed E-state index contributed by atoms with van der Waals surface area (Å²) in [5, 5.41) is 0. The Kier molecular flexibility index (Phi) is 4.48. The molecule has 0 saturated heterocycles. The highest BCUT2D eigenvalue weighted by Crippen LogP contribution is 2.27. The fourth-order valence-electron chi connectivity index (χ4n) is 1.24. The third-order valence-electron chi connectivity index (χ3n) is 2.08. The standard InChI is InChI=1S/C11H14F3NO2/c1-16-10-7-8(3-4-9(10)15)17-6-2-5-11(12,13)14/h3-4,7H,2,5-6,15H2,1H3. The van der Waals surface area contributed by atoms with Gasteiger partial charge >= 0.3 is 6.18 Å². The van der Waals surface area contributed by atoms with E-state index in [0.717, 1.165) is 0 Å². The van der Waals surface area contributed by atoms with E-state index >= 15 is 0 Å². The van der Waals surface area contributed by atoms with E-state index in [1.54, 1.807) is 18.2 Å². The lowest BCUT2D eigenvalue weighted by molar-refractivity contribution is -0.136. The van der Waals surface area contributed by atoms with Crippen LogP contribution in [0.2, 0.25) is 0 Å². The zero-order chi connectivity index (χ0) is 12.9. The second-order valence-corrected chi connectivity index (χ2v) is 3.47. The highest BCUT2D eigenvalue weighted by molar-refractivity contribution is 5.55. The Morgan fingerprint density at radius 1 is 1.29 bits per heavy atom.